The summed E-state index contributed by atoms with van der Waals surface area (Å²) in [6.07, 6.45) is 4.62. The second kappa shape index (κ2) is 13.4. The number of nitrogens with one attached hydrogen (secondary N) is 3. The third kappa shape index (κ3) is 7.37. The van der Waals surface area contributed by atoms with Crippen molar-refractivity contribution in [2.45, 2.75) is 74.8 Å². The minimum absolute atomic E-state index is 0.00506. The van der Waals surface area contributed by atoms with Crippen molar-refractivity contribution in [3.05, 3.63) is 53.4 Å². The zero-order valence-electron chi connectivity index (χ0n) is 28.0. The molecule has 2 saturated heterocycles. The highest BCUT2D eigenvalue weighted by atomic mass is 35.5. The average Bonchev–Trinajstić information content (AvgIpc) is 3.54. The smallest absolute Gasteiger partial charge is 0.228 e. The maximum atomic E-state index is 14.8. The highest BCUT2D eigenvalue weighted by Crippen LogP contribution is 2.48. The van der Waals surface area contributed by atoms with Crippen LogP contribution in [0.2, 0.25) is 23.2 Å². The van der Waals surface area contributed by atoms with E-state index in [9.17, 15) is 9.18 Å². The molecule has 2 atom stereocenters. The number of likely N-dealkylation sites (N-methyl/N-ethyl adjacent to an activating group) is 1. The summed E-state index contributed by atoms with van der Waals surface area (Å²) in [6, 6.07) is 10.4. The van der Waals surface area contributed by atoms with Crippen molar-refractivity contribution in [2.24, 2.45) is 11.8 Å². The molecular weight excluding hydrogens is 653 g/mol. The standard InChI is InChI=1S/C34H45ClFN7O2SSi/c1-33(2,3)47(5,6)45-11-12-46-32-29(17-28(41-42-32)26-15-23(35)7-8-27(26)36)39-24-9-10-37-30(16-24)40-31(44)21-13-22(14-21)34-18-25(19-38-34)43(4)20-34/h7-10,15-17,21-22,25,38H,11-14,18-20H2,1-6H3,(H2,37,39,40,41,44)/t21-,22-,25-,34+/m0/s1. The number of hydrogen-bond acceptors (Lipinski definition) is 9. The van der Waals surface area contributed by atoms with Gasteiger partial charge in [-0.3, -0.25) is 4.79 Å². The number of piperazine rings is 1. The van der Waals surface area contributed by atoms with Crippen LogP contribution in [0, 0.1) is 17.7 Å². The number of fused-ring (bicyclic) bond motifs is 2. The SMILES string of the molecule is CN1C[C@@]2([C@H]3C[C@H](C(=O)Nc4cc(Nc5cc(-c6cc(Cl)ccc6F)nnc5SCCO[Si](C)(C)C(C)(C)C)ccn4)C3)C[C@H]1CN2. The van der Waals surface area contributed by atoms with Gasteiger partial charge in [0.15, 0.2) is 8.32 Å². The van der Waals surface area contributed by atoms with Gasteiger partial charge >= 0.3 is 0 Å². The van der Waals surface area contributed by atoms with Crippen LogP contribution in [0.3, 0.4) is 0 Å². The van der Waals surface area contributed by atoms with Crippen LogP contribution in [0.4, 0.5) is 21.6 Å². The van der Waals surface area contributed by atoms with E-state index >= 15 is 0 Å². The Kier molecular flexibility index (Phi) is 9.74. The lowest BCUT2D eigenvalue weighted by Gasteiger charge is -2.46. The maximum Gasteiger partial charge on any atom is 0.228 e. The normalized spacial score (nSPS) is 24.3. The first-order valence-electron chi connectivity index (χ1n) is 16.3. The molecule has 2 aromatic heterocycles. The van der Waals surface area contributed by atoms with Crippen LogP contribution < -0.4 is 16.0 Å². The molecule has 3 fully saturated rings. The lowest BCUT2D eigenvalue weighted by atomic mass is 9.64. The van der Waals surface area contributed by atoms with Gasteiger partial charge < -0.3 is 25.3 Å². The van der Waals surface area contributed by atoms with E-state index in [1.807, 2.05) is 6.07 Å². The summed E-state index contributed by atoms with van der Waals surface area (Å²) in [5.74, 6) is 1.22. The van der Waals surface area contributed by atoms with Crippen molar-refractivity contribution in [1.29, 1.82) is 0 Å². The first kappa shape index (κ1) is 34.3. The molecule has 0 unspecified atom stereocenters. The molecule has 1 aliphatic carbocycles. The van der Waals surface area contributed by atoms with Gasteiger partial charge in [0.1, 0.15) is 16.7 Å². The number of carbonyl (C=O) groups excluding carboxylic acids is 1. The predicted molar refractivity (Wildman–Crippen MR) is 190 cm³/mol. The highest BCUT2D eigenvalue weighted by molar-refractivity contribution is 7.99. The van der Waals surface area contributed by atoms with Crippen LogP contribution in [0.1, 0.15) is 40.0 Å². The molecule has 1 amide bonds. The van der Waals surface area contributed by atoms with E-state index in [1.54, 1.807) is 24.4 Å². The Morgan fingerprint density at radius 1 is 1.21 bits per heavy atom. The third-order valence-corrected chi connectivity index (χ3v) is 16.3. The Balaban J connectivity index is 1.14. The molecule has 13 heteroatoms. The van der Waals surface area contributed by atoms with E-state index in [2.05, 4.69) is 76.9 Å². The fraction of sp³-hybridized carbons (Fsp3) is 0.529. The Morgan fingerprint density at radius 3 is 2.70 bits per heavy atom. The summed E-state index contributed by atoms with van der Waals surface area (Å²) < 4.78 is 21.2. The molecule has 2 bridgehead atoms. The summed E-state index contributed by atoms with van der Waals surface area (Å²) in [4.78, 5) is 20.1. The van der Waals surface area contributed by atoms with E-state index in [1.165, 1.54) is 30.3 Å². The van der Waals surface area contributed by atoms with E-state index < -0.39 is 14.1 Å². The van der Waals surface area contributed by atoms with Crippen molar-refractivity contribution < 1.29 is 13.6 Å². The molecule has 1 saturated carbocycles. The Labute approximate surface area is 287 Å². The van der Waals surface area contributed by atoms with E-state index in [4.69, 9.17) is 16.0 Å². The fourth-order valence-corrected chi connectivity index (χ4v) is 8.72. The number of nitrogens with zero attached hydrogens (tertiary/aromatic N) is 4. The van der Waals surface area contributed by atoms with Crippen LogP contribution in [0.25, 0.3) is 11.3 Å². The van der Waals surface area contributed by atoms with E-state index in [-0.39, 0.29) is 28.0 Å². The molecule has 1 aromatic carbocycles. The quantitative estimate of drug-likeness (QED) is 0.109. The number of thioether (sulfide) groups is 1. The number of hydrogen-bond donors (Lipinski definition) is 3. The number of halogens is 2. The van der Waals surface area contributed by atoms with Crippen molar-refractivity contribution >= 4 is 54.8 Å². The fourth-order valence-electron chi connectivity index (χ4n) is 6.63. The minimum atomic E-state index is -1.89. The van der Waals surface area contributed by atoms with Gasteiger partial charge in [-0.1, -0.05) is 32.4 Å². The largest absolute Gasteiger partial charge is 0.416 e. The molecule has 3 N–H and O–H groups in total. The summed E-state index contributed by atoms with van der Waals surface area (Å²) in [6.45, 7) is 13.8. The van der Waals surface area contributed by atoms with Crippen molar-refractivity contribution in [1.82, 2.24) is 25.4 Å². The molecular formula is C34H45ClFN7O2SSi. The summed E-state index contributed by atoms with van der Waals surface area (Å²) in [5.41, 5.74) is 2.14. The first-order chi connectivity index (χ1) is 22.2. The molecule has 3 aliphatic rings. The van der Waals surface area contributed by atoms with Crippen LogP contribution in [0.15, 0.2) is 47.6 Å². The number of rotatable bonds is 11. The van der Waals surface area contributed by atoms with Gasteiger partial charge in [-0.05, 0) is 80.7 Å². The number of anilines is 3. The lowest BCUT2D eigenvalue weighted by Crippen LogP contribution is -2.58. The number of amides is 1. The molecule has 9 nitrogen and oxygen atoms in total. The van der Waals surface area contributed by atoms with Gasteiger partial charge in [0.05, 0.1) is 11.4 Å². The monoisotopic (exact) mass is 697 g/mol. The van der Waals surface area contributed by atoms with E-state index in [0.717, 1.165) is 25.9 Å². The van der Waals surface area contributed by atoms with Crippen LogP contribution >= 0.6 is 23.4 Å². The van der Waals surface area contributed by atoms with Gasteiger partial charge in [0.2, 0.25) is 5.91 Å². The second-order valence-corrected chi connectivity index (χ2v) is 21.1. The lowest BCUT2D eigenvalue weighted by molar-refractivity contribution is -0.125. The van der Waals surface area contributed by atoms with Crippen molar-refractivity contribution in [3.8, 4) is 11.3 Å². The molecule has 2 aliphatic heterocycles. The number of carbonyl (C=O) groups is 1. The van der Waals surface area contributed by atoms with Gasteiger partial charge in [-0.15, -0.1) is 22.0 Å². The first-order valence-corrected chi connectivity index (χ1v) is 20.6. The zero-order chi connectivity index (χ0) is 33.6. The van der Waals surface area contributed by atoms with Gasteiger partial charge in [-0.25, -0.2) is 9.37 Å². The van der Waals surface area contributed by atoms with Gasteiger partial charge in [-0.2, -0.15) is 0 Å². The Bertz CT molecular complexity index is 1630. The van der Waals surface area contributed by atoms with Gasteiger partial charge in [0.25, 0.3) is 0 Å². The number of aromatic nitrogens is 3. The molecule has 3 aromatic rings. The minimum Gasteiger partial charge on any atom is -0.416 e. The molecule has 252 valence electrons. The number of likely N-dealkylation sites (tertiary alicyclic amines) is 1. The topological polar surface area (TPSA) is 104 Å². The summed E-state index contributed by atoms with van der Waals surface area (Å²) in [7, 11) is 0.309. The maximum absolute atomic E-state index is 14.8. The Morgan fingerprint density at radius 2 is 2.00 bits per heavy atom. The number of pyridine rings is 1. The van der Waals surface area contributed by atoms with Crippen molar-refractivity contribution in [2.75, 3.05) is 43.1 Å². The highest BCUT2D eigenvalue weighted by Gasteiger charge is 2.56. The molecule has 4 heterocycles. The Hall–Kier alpha value is -2.61. The molecule has 6 rings (SSSR count). The van der Waals surface area contributed by atoms with Crippen LogP contribution in [0.5, 0.6) is 0 Å². The molecule has 0 radical (unpaired) electrons. The number of benzene rings is 1. The van der Waals surface area contributed by atoms with Gasteiger partial charge in [0, 0.05) is 71.5 Å². The van der Waals surface area contributed by atoms with Crippen molar-refractivity contribution in [3.63, 3.8) is 0 Å². The molecule has 47 heavy (non-hydrogen) atoms. The zero-order valence-corrected chi connectivity index (χ0v) is 30.6. The van der Waals surface area contributed by atoms with Crippen LogP contribution in [-0.4, -0.2) is 78.4 Å². The average molecular weight is 698 g/mol. The predicted octanol–water partition coefficient (Wildman–Crippen LogP) is 7.20. The summed E-state index contributed by atoms with van der Waals surface area (Å²) >= 11 is 7.71. The van der Waals surface area contributed by atoms with Crippen LogP contribution in [-0.2, 0) is 9.22 Å². The van der Waals surface area contributed by atoms with E-state index in [0.29, 0.717) is 57.3 Å². The summed E-state index contributed by atoms with van der Waals surface area (Å²) in [5, 5.41) is 20.2. The molecule has 0 spiro atoms. The third-order valence-electron chi connectivity index (χ3n) is 10.6. The second-order valence-electron chi connectivity index (χ2n) is 14.7.